The Morgan fingerprint density at radius 3 is 2.15 bits per heavy atom. The van der Waals surface area contributed by atoms with Crippen LogP contribution >= 0.6 is 11.3 Å². The Morgan fingerprint density at radius 1 is 0.606 bits per heavy atom. The lowest BCUT2D eigenvalue weighted by Gasteiger charge is -2.10. The molecule has 0 N–H and O–H groups in total. The summed E-state index contributed by atoms with van der Waals surface area (Å²) in [5.74, 6) is 0.858. The van der Waals surface area contributed by atoms with Crippen LogP contribution in [0.5, 0.6) is 5.75 Å². The summed E-state index contributed by atoms with van der Waals surface area (Å²) in [6.45, 7) is 0. The van der Waals surface area contributed by atoms with E-state index in [4.69, 9.17) is 9.72 Å². The largest absolute Gasteiger partial charge is 0.497 e. The second kappa shape index (κ2) is 8.19. The van der Waals surface area contributed by atoms with Crippen LogP contribution in [0.2, 0.25) is 0 Å². The fourth-order valence-corrected chi connectivity index (χ4v) is 5.52. The topological polar surface area (TPSA) is 22.1 Å². The van der Waals surface area contributed by atoms with Crippen molar-refractivity contribution in [3.63, 3.8) is 0 Å². The number of fused-ring (bicyclic) bond motifs is 2. The quantitative estimate of drug-likeness (QED) is 0.273. The van der Waals surface area contributed by atoms with E-state index in [2.05, 4.69) is 91.0 Å². The molecule has 0 bridgehead atoms. The van der Waals surface area contributed by atoms with Gasteiger partial charge >= 0.3 is 0 Å². The van der Waals surface area contributed by atoms with E-state index < -0.39 is 0 Å². The van der Waals surface area contributed by atoms with E-state index in [0.717, 1.165) is 33.0 Å². The molecule has 3 heteroatoms. The number of ether oxygens (including phenoxy) is 1. The molecule has 0 radical (unpaired) electrons. The Labute approximate surface area is 196 Å². The first kappa shape index (κ1) is 19.7. The summed E-state index contributed by atoms with van der Waals surface area (Å²) < 4.78 is 6.56. The lowest BCUT2D eigenvalue weighted by Crippen LogP contribution is -1.87. The maximum Gasteiger partial charge on any atom is 0.124 e. The Morgan fingerprint density at radius 2 is 1.33 bits per heavy atom. The first-order valence-corrected chi connectivity index (χ1v) is 11.7. The fourth-order valence-electron chi connectivity index (χ4n) is 4.39. The zero-order valence-electron chi connectivity index (χ0n) is 18.2. The molecule has 0 fully saturated rings. The maximum absolute atomic E-state index is 5.36. The predicted molar refractivity (Wildman–Crippen MR) is 140 cm³/mol. The van der Waals surface area contributed by atoms with Gasteiger partial charge < -0.3 is 4.74 Å². The standard InChI is InChI=1S/C30H21NOS/c1-32-23-16-14-21(15-17-23)25-18-19-27(26-13-7-11-20-8-5-6-12-24(20)26)28-29(25)33-30(31-28)22-9-3-2-4-10-22/h2-19H,1H3. The van der Waals surface area contributed by atoms with Crippen molar-refractivity contribution in [2.45, 2.75) is 0 Å². The van der Waals surface area contributed by atoms with Crippen LogP contribution in [-0.4, -0.2) is 12.1 Å². The van der Waals surface area contributed by atoms with Gasteiger partial charge in [-0.05, 0) is 34.0 Å². The number of benzene rings is 5. The van der Waals surface area contributed by atoms with E-state index >= 15 is 0 Å². The Bertz CT molecular complexity index is 1580. The van der Waals surface area contributed by atoms with E-state index in [1.54, 1.807) is 18.4 Å². The van der Waals surface area contributed by atoms with E-state index in [0.29, 0.717) is 0 Å². The van der Waals surface area contributed by atoms with Gasteiger partial charge in [-0.1, -0.05) is 97.1 Å². The average molecular weight is 444 g/mol. The van der Waals surface area contributed by atoms with Crippen LogP contribution in [0.25, 0.3) is 53.8 Å². The molecule has 0 aliphatic heterocycles. The van der Waals surface area contributed by atoms with Crippen LogP contribution in [0.1, 0.15) is 0 Å². The number of methoxy groups -OCH3 is 1. The van der Waals surface area contributed by atoms with Crippen LogP contribution in [-0.2, 0) is 0 Å². The highest BCUT2D eigenvalue weighted by molar-refractivity contribution is 7.22. The van der Waals surface area contributed by atoms with Gasteiger partial charge in [0.05, 0.1) is 17.3 Å². The summed E-state index contributed by atoms with van der Waals surface area (Å²) in [6, 6.07) is 38.2. The molecule has 5 aromatic carbocycles. The average Bonchev–Trinajstić information content (AvgIpc) is 3.34. The summed E-state index contributed by atoms with van der Waals surface area (Å²) in [6.07, 6.45) is 0. The third-order valence-corrected chi connectivity index (χ3v) is 7.18. The van der Waals surface area contributed by atoms with Crippen molar-refractivity contribution in [3.8, 4) is 38.6 Å². The molecular weight excluding hydrogens is 422 g/mol. The van der Waals surface area contributed by atoms with Crippen LogP contribution in [0.4, 0.5) is 0 Å². The van der Waals surface area contributed by atoms with Gasteiger partial charge in [0.1, 0.15) is 10.8 Å². The molecule has 6 aromatic rings. The van der Waals surface area contributed by atoms with Gasteiger partial charge in [-0.3, -0.25) is 0 Å². The highest BCUT2D eigenvalue weighted by atomic mass is 32.1. The van der Waals surface area contributed by atoms with Crippen LogP contribution in [0.15, 0.2) is 109 Å². The lowest BCUT2D eigenvalue weighted by atomic mass is 9.95. The molecule has 158 valence electrons. The van der Waals surface area contributed by atoms with Crippen molar-refractivity contribution < 1.29 is 4.74 Å². The summed E-state index contributed by atoms with van der Waals surface area (Å²) in [7, 11) is 1.70. The van der Waals surface area contributed by atoms with Gasteiger partial charge in [-0.15, -0.1) is 11.3 Å². The minimum absolute atomic E-state index is 0.858. The van der Waals surface area contributed by atoms with Gasteiger partial charge in [0, 0.05) is 16.7 Å². The van der Waals surface area contributed by atoms with Gasteiger partial charge in [0.2, 0.25) is 0 Å². The number of hydrogen-bond acceptors (Lipinski definition) is 3. The zero-order chi connectivity index (χ0) is 22.2. The normalized spacial score (nSPS) is 11.2. The Hall–Kier alpha value is -3.95. The molecule has 1 aromatic heterocycles. The Kier molecular flexibility index (Phi) is 4.89. The number of thiazole rings is 1. The number of rotatable bonds is 4. The van der Waals surface area contributed by atoms with Gasteiger partial charge in [0.25, 0.3) is 0 Å². The molecule has 0 aliphatic rings. The second-order valence-corrected chi connectivity index (χ2v) is 8.98. The minimum atomic E-state index is 0.858. The first-order valence-electron chi connectivity index (χ1n) is 10.9. The van der Waals surface area contributed by atoms with E-state index in [9.17, 15) is 0 Å². The van der Waals surface area contributed by atoms with Crippen molar-refractivity contribution >= 4 is 32.3 Å². The maximum atomic E-state index is 5.36. The highest BCUT2D eigenvalue weighted by Crippen LogP contribution is 2.43. The molecule has 0 saturated heterocycles. The predicted octanol–water partition coefficient (Wildman–Crippen LogP) is 8.46. The van der Waals surface area contributed by atoms with E-state index in [1.165, 1.54) is 26.6 Å². The zero-order valence-corrected chi connectivity index (χ0v) is 19.0. The van der Waals surface area contributed by atoms with Crippen molar-refractivity contribution in [3.05, 3.63) is 109 Å². The van der Waals surface area contributed by atoms with Crippen LogP contribution < -0.4 is 4.74 Å². The third-order valence-electron chi connectivity index (χ3n) is 6.05. The molecule has 0 unspecified atom stereocenters. The minimum Gasteiger partial charge on any atom is -0.497 e. The van der Waals surface area contributed by atoms with Crippen molar-refractivity contribution in [2.75, 3.05) is 7.11 Å². The number of hydrogen-bond donors (Lipinski definition) is 0. The number of nitrogens with zero attached hydrogens (tertiary/aromatic N) is 1. The summed E-state index contributed by atoms with van der Waals surface area (Å²) in [5.41, 5.74) is 6.92. The van der Waals surface area contributed by atoms with E-state index in [1.807, 2.05) is 18.2 Å². The summed E-state index contributed by atoms with van der Waals surface area (Å²) in [4.78, 5) is 5.18. The monoisotopic (exact) mass is 443 g/mol. The van der Waals surface area contributed by atoms with Crippen LogP contribution in [0, 0.1) is 0 Å². The van der Waals surface area contributed by atoms with Crippen molar-refractivity contribution in [1.82, 2.24) is 4.98 Å². The Balaban J connectivity index is 1.63. The van der Waals surface area contributed by atoms with Crippen LogP contribution in [0.3, 0.4) is 0 Å². The molecular formula is C30H21NOS. The lowest BCUT2D eigenvalue weighted by molar-refractivity contribution is 0.415. The third kappa shape index (κ3) is 3.47. The molecule has 0 spiro atoms. The molecule has 0 atom stereocenters. The van der Waals surface area contributed by atoms with Gasteiger partial charge in [0.15, 0.2) is 0 Å². The van der Waals surface area contributed by atoms with Gasteiger partial charge in [-0.2, -0.15) is 0 Å². The number of aromatic nitrogens is 1. The van der Waals surface area contributed by atoms with Gasteiger partial charge in [-0.25, -0.2) is 4.98 Å². The summed E-state index contributed by atoms with van der Waals surface area (Å²) in [5, 5.41) is 3.52. The fraction of sp³-hybridized carbons (Fsp3) is 0.0333. The SMILES string of the molecule is COc1ccc(-c2ccc(-c3cccc4ccccc34)c3nc(-c4ccccc4)sc23)cc1. The first-order chi connectivity index (χ1) is 16.3. The smallest absolute Gasteiger partial charge is 0.124 e. The highest BCUT2D eigenvalue weighted by Gasteiger charge is 2.17. The second-order valence-electron chi connectivity index (χ2n) is 7.98. The van der Waals surface area contributed by atoms with E-state index in [-0.39, 0.29) is 0 Å². The molecule has 2 nitrogen and oxygen atoms in total. The molecule has 0 amide bonds. The van der Waals surface area contributed by atoms with Crippen molar-refractivity contribution in [2.24, 2.45) is 0 Å². The molecule has 0 aliphatic carbocycles. The summed E-state index contributed by atoms with van der Waals surface area (Å²) >= 11 is 1.75. The molecule has 0 saturated carbocycles. The van der Waals surface area contributed by atoms with Crippen molar-refractivity contribution in [1.29, 1.82) is 0 Å². The molecule has 1 heterocycles. The molecule has 33 heavy (non-hydrogen) atoms. The molecule has 6 rings (SSSR count).